The minimum absolute atomic E-state index is 0.481. The second-order valence-electron chi connectivity index (χ2n) is 2.50. The molecule has 0 aliphatic heterocycles. The van der Waals surface area contributed by atoms with E-state index in [2.05, 4.69) is 5.29 Å². The van der Waals surface area contributed by atoms with Crippen molar-refractivity contribution in [2.75, 3.05) is 11.5 Å². The van der Waals surface area contributed by atoms with Gasteiger partial charge in [0.2, 0.25) is 0 Å². The summed E-state index contributed by atoms with van der Waals surface area (Å²) in [5.74, 6) is 0. The molecule has 1 aromatic rings. The van der Waals surface area contributed by atoms with Crippen LogP contribution in [0.4, 0.5) is 10.5 Å². The van der Waals surface area contributed by atoms with Crippen LogP contribution >= 0.6 is 11.8 Å². The number of anilines is 1. The van der Waals surface area contributed by atoms with Gasteiger partial charge in [0.15, 0.2) is 0 Å². The van der Waals surface area contributed by atoms with Gasteiger partial charge in [-0.2, -0.15) is 5.01 Å². The van der Waals surface area contributed by atoms with Gasteiger partial charge in [0, 0.05) is 18.8 Å². The third-order valence-electron chi connectivity index (χ3n) is 1.55. The highest BCUT2D eigenvalue weighted by atomic mass is 35.5. The molecule has 1 aromatic carbocycles. The number of nitroso groups, excluding NO2 is 1. The van der Waals surface area contributed by atoms with Crippen molar-refractivity contribution in [2.24, 2.45) is 5.29 Å². The summed E-state index contributed by atoms with van der Waals surface area (Å²) in [5.41, 5.74) is 0.481. The van der Waals surface area contributed by atoms with E-state index < -0.39 is 6.03 Å². The fraction of sp³-hybridized carbons (Fsp3) is 0.125. The number of benzene rings is 1. The smallest absolute Gasteiger partial charge is 0.245 e. The van der Waals surface area contributed by atoms with Crippen molar-refractivity contribution in [1.82, 2.24) is 5.01 Å². The van der Waals surface area contributed by atoms with E-state index in [0.717, 1.165) is 4.42 Å². The van der Waals surface area contributed by atoms with Gasteiger partial charge in [-0.05, 0) is 12.1 Å². The third-order valence-corrected chi connectivity index (χ3v) is 1.89. The zero-order valence-corrected chi connectivity index (χ0v) is 8.18. The highest BCUT2D eigenvalue weighted by Crippen LogP contribution is 2.17. The van der Waals surface area contributed by atoms with Gasteiger partial charge in [0.1, 0.15) is 0 Å². The molecule has 5 nitrogen and oxygen atoms in total. The van der Waals surface area contributed by atoms with Gasteiger partial charge in [-0.25, -0.2) is 9.21 Å². The van der Waals surface area contributed by atoms with Crippen molar-refractivity contribution in [1.29, 1.82) is 0 Å². The molecular weight excluding hydrogens is 206 g/mol. The van der Waals surface area contributed by atoms with Crippen molar-refractivity contribution < 1.29 is 4.79 Å². The van der Waals surface area contributed by atoms with Crippen LogP contribution in [0.1, 0.15) is 0 Å². The number of amides is 2. The lowest BCUT2D eigenvalue weighted by Gasteiger charge is -2.15. The predicted octanol–water partition coefficient (Wildman–Crippen LogP) is 2.38. The predicted molar refractivity (Wildman–Crippen MR) is 53.7 cm³/mol. The van der Waals surface area contributed by atoms with Gasteiger partial charge in [-0.1, -0.05) is 18.2 Å². The van der Waals surface area contributed by atoms with E-state index in [1.807, 2.05) is 0 Å². The number of halogens is 1. The lowest BCUT2D eigenvalue weighted by molar-refractivity contribution is 0.220. The van der Waals surface area contributed by atoms with Crippen LogP contribution in [0.5, 0.6) is 0 Å². The Kier molecular flexibility index (Phi) is 3.41. The zero-order chi connectivity index (χ0) is 10.6. The molecule has 0 fully saturated rings. The summed E-state index contributed by atoms with van der Waals surface area (Å²) in [6, 6.07) is 7.83. The van der Waals surface area contributed by atoms with Crippen molar-refractivity contribution in [3.8, 4) is 0 Å². The first-order valence-corrected chi connectivity index (χ1v) is 4.12. The maximum Gasteiger partial charge on any atom is 0.362 e. The molecule has 0 heterocycles. The molecule has 74 valence electrons. The molecule has 0 aliphatic carbocycles. The monoisotopic (exact) mass is 213 g/mol. The number of hydrogen-bond donors (Lipinski definition) is 0. The molecule has 0 spiro atoms. The van der Waals surface area contributed by atoms with Crippen LogP contribution in [0, 0.1) is 4.91 Å². The van der Waals surface area contributed by atoms with E-state index in [-0.39, 0.29) is 0 Å². The third kappa shape index (κ3) is 2.20. The molecule has 1 rings (SSSR count). The molecule has 0 bridgehead atoms. The summed E-state index contributed by atoms with van der Waals surface area (Å²) >= 11 is 5.67. The van der Waals surface area contributed by atoms with Crippen LogP contribution in [0.25, 0.3) is 0 Å². The first-order valence-electron chi connectivity index (χ1n) is 3.78. The molecule has 0 radical (unpaired) electrons. The topological polar surface area (TPSA) is 53.0 Å². The maximum atomic E-state index is 11.3. The highest BCUT2D eigenvalue weighted by Gasteiger charge is 2.17. The van der Waals surface area contributed by atoms with Crippen LogP contribution in [0.2, 0.25) is 0 Å². The van der Waals surface area contributed by atoms with Crippen molar-refractivity contribution >= 4 is 23.5 Å². The van der Waals surface area contributed by atoms with Crippen LogP contribution in [0.3, 0.4) is 0 Å². The number of carbonyl (C=O) groups excluding carboxylic acids is 1. The Hall–Kier alpha value is -1.62. The molecular formula is C8H8ClN3O2. The Morgan fingerprint density at radius 2 is 1.93 bits per heavy atom. The van der Waals surface area contributed by atoms with E-state index in [1.165, 1.54) is 7.05 Å². The van der Waals surface area contributed by atoms with Crippen molar-refractivity contribution in [2.45, 2.75) is 0 Å². The lowest BCUT2D eigenvalue weighted by atomic mass is 10.3. The standard InChI is InChI=1S/C8H8ClN3O2/c1-11(10-14)8(13)12(9)7-5-3-2-4-6-7/h2-6H,1H3. The lowest BCUT2D eigenvalue weighted by Crippen LogP contribution is -2.31. The number of nitrogens with zero attached hydrogens (tertiary/aromatic N) is 3. The number of hydrogen-bond acceptors (Lipinski definition) is 3. The molecule has 0 atom stereocenters. The molecule has 0 saturated carbocycles. The van der Waals surface area contributed by atoms with E-state index in [4.69, 9.17) is 11.8 Å². The minimum atomic E-state index is -0.701. The quantitative estimate of drug-likeness (QED) is 0.430. The summed E-state index contributed by atoms with van der Waals surface area (Å²) in [4.78, 5) is 21.4. The molecule has 0 saturated heterocycles. The second-order valence-corrected chi connectivity index (χ2v) is 2.84. The SMILES string of the molecule is CN(N=O)C(=O)N(Cl)c1ccccc1. The van der Waals surface area contributed by atoms with Crippen LogP contribution in [0.15, 0.2) is 35.6 Å². The number of urea groups is 1. The first-order chi connectivity index (χ1) is 6.66. The Labute approximate surface area is 85.9 Å². The normalized spacial score (nSPS) is 9.29. The van der Waals surface area contributed by atoms with Gasteiger partial charge in [-0.15, -0.1) is 4.91 Å². The van der Waals surface area contributed by atoms with Gasteiger partial charge < -0.3 is 0 Å². The summed E-state index contributed by atoms with van der Waals surface area (Å²) in [5, 5.41) is 3.05. The summed E-state index contributed by atoms with van der Waals surface area (Å²) in [6.07, 6.45) is 0. The number of para-hydroxylation sites is 1. The second kappa shape index (κ2) is 4.57. The van der Waals surface area contributed by atoms with Gasteiger partial charge in [0.05, 0.1) is 11.0 Å². The molecule has 14 heavy (non-hydrogen) atoms. The van der Waals surface area contributed by atoms with E-state index in [0.29, 0.717) is 10.7 Å². The summed E-state index contributed by atoms with van der Waals surface area (Å²) in [6.45, 7) is 0. The fourth-order valence-electron chi connectivity index (χ4n) is 0.831. The average Bonchev–Trinajstić information content (AvgIpc) is 2.27. The van der Waals surface area contributed by atoms with Gasteiger partial charge in [-0.3, -0.25) is 0 Å². The Bertz CT molecular complexity index is 331. The Morgan fingerprint density at radius 1 is 1.36 bits per heavy atom. The Balaban J connectivity index is 2.80. The van der Waals surface area contributed by atoms with Crippen LogP contribution < -0.4 is 4.42 Å². The highest BCUT2D eigenvalue weighted by molar-refractivity contribution is 6.36. The van der Waals surface area contributed by atoms with E-state index in [1.54, 1.807) is 30.3 Å². The molecule has 0 aliphatic rings. The summed E-state index contributed by atoms with van der Waals surface area (Å²) in [7, 11) is 1.23. The van der Waals surface area contributed by atoms with Crippen molar-refractivity contribution in [3.05, 3.63) is 35.2 Å². The fourth-order valence-corrected chi connectivity index (χ4v) is 1.05. The van der Waals surface area contributed by atoms with Crippen LogP contribution in [-0.2, 0) is 0 Å². The zero-order valence-electron chi connectivity index (χ0n) is 7.42. The molecule has 0 aromatic heterocycles. The minimum Gasteiger partial charge on any atom is -0.245 e. The maximum absolute atomic E-state index is 11.3. The molecule has 2 amide bonds. The first kappa shape index (κ1) is 10.5. The van der Waals surface area contributed by atoms with E-state index in [9.17, 15) is 9.70 Å². The molecule has 0 unspecified atom stereocenters. The summed E-state index contributed by atoms with van der Waals surface area (Å²) < 4.78 is 0.821. The van der Waals surface area contributed by atoms with Gasteiger partial charge in [0.25, 0.3) is 0 Å². The van der Waals surface area contributed by atoms with Crippen LogP contribution in [-0.4, -0.2) is 18.1 Å². The molecule has 0 N–H and O–H groups in total. The largest absolute Gasteiger partial charge is 0.362 e. The number of carbonyl (C=O) groups is 1. The number of rotatable bonds is 2. The molecule has 6 heteroatoms. The van der Waals surface area contributed by atoms with Crippen molar-refractivity contribution in [3.63, 3.8) is 0 Å². The van der Waals surface area contributed by atoms with E-state index >= 15 is 0 Å². The average molecular weight is 214 g/mol. The Morgan fingerprint density at radius 3 is 2.43 bits per heavy atom. The van der Waals surface area contributed by atoms with Gasteiger partial charge >= 0.3 is 6.03 Å².